The molecule has 0 atom stereocenters. The average molecular weight is 515 g/mol. The molecule has 0 radical (unpaired) electrons. The lowest BCUT2D eigenvalue weighted by atomic mass is 10.1. The number of rotatable bonds is 6. The Balaban J connectivity index is 1.42. The van der Waals surface area contributed by atoms with Gasteiger partial charge in [0.05, 0.1) is 29.0 Å². The van der Waals surface area contributed by atoms with Crippen LogP contribution in [0.1, 0.15) is 5.56 Å². The Morgan fingerprint density at radius 3 is 2.80 bits per heavy atom. The number of benzene rings is 3. The van der Waals surface area contributed by atoms with E-state index in [0.717, 1.165) is 6.26 Å². The zero-order chi connectivity index (χ0) is 24.6. The molecule has 0 aliphatic carbocycles. The van der Waals surface area contributed by atoms with Crippen LogP contribution in [-0.2, 0) is 16.6 Å². The monoisotopic (exact) mass is 514 g/mol. The number of halogens is 2. The first-order valence-electron chi connectivity index (χ1n) is 10.6. The molecular formula is C24H20ClFN4O4S. The molecule has 180 valence electrons. The van der Waals surface area contributed by atoms with Gasteiger partial charge in [-0.3, -0.25) is 4.31 Å². The maximum Gasteiger partial charge on any atom is 0.232 e. The minimum absolute atomic E-state index is 0.171. The second kappa shape index (κ2) is 9.20. The number of aromatic nitrogens is 2. The summed E-state index contributed by atoms with van der Waals surface area (Å²) in [6.45, 7) is 0.652. The van der Waals surface area contributed by atoms with Gasteiger partial charge in [-0.05, 0) is 42.0 Å². The summed E-state index contributed by atoms with van der Waals surface area (Å²) in [6.07, 6.45) is 2.57. The van der Waals surface area contributed by atoms with Crippen molar-refractivity contribution in [3.63, 3.8) is 0 Å². The molecule has 1 N–H and O–H groups in total. The van der Waals surface area contributed by atoms with Gasteiger partial charge in [-0.1, -0.05) is 23.7 Å². The highest BCUT2D eigenvalue weighted by atomic mass is 35.5. The molecule has 8 nitrogen and oxygen atoms in total. The van der Waals surface area contributed by atoms with Crippen molar-refractivity contribution >= 4 is 49.7 Å². The molecular weight excluding hydrogens is 495 g/mol. The molecule has 3 aromatic carbocycles. The van der Waals surface area contributed by atoms with Crippen molar-refractivity contribution in [3.05, 3.63) is 77.3 Å². The van der Waals surface area contributed by atoms with Crippen LogP contribution in [0.5, 0.6) is 11.5 Å². The summed E-state index contributed by atoms with van der Waals surface area (Å²) >= 11 is 6.41. The molecule has 0 spiro atoms. The molecule has 0 saturated heterocycles. The molecule has 2 heterocycles. The van der Waals surface area contributed by atoms with Gasteiger partial charge in [0, 0.05) is 17.1 Å². The van der Waals surface area contributed by atoms with Gasteiger partial charge >= 0.3 is 0 Å². The third-order valence-electron chi connectivity index (χ3n) is 5.42. The minimum Gasteiger partial charge on any atom is -0.489 e. The van der Waals surface area contributed by atoms with Crippen LogP contribution in [0.25, 0.3) is 10.9 Å². The third kappa shape index (κ3) is 4.94. The van der Waals surface area contributed by atoms with E-state index in [2.05, 4.69) is 15.3 Å². The third-order valence-corrected chi connectivity index (χ3v) is 6.89. The summed E-state index contributed by atoms with van der Waals surface area (Å²) in [7, 11) is -3.48. The minimum atomic E-state index is -3.48. The zero-order valence-corrected chi connectivity index (χ0v) is 20.1. The van der Waals surface area contributed by atoms with Gasteiger partial charge in [0.25, 0.3) is 0 Å². The van der Waals surface area contributed by atoms with Crippen LogP contribution in [0, 0.1) is 5.82 Å². The molecule has 1 aliphatic rings. The van der Waals surface area contributed by atoms with Crippen LogP contribution < -0.4 is 19.1 Å². The number of anilines is 3. The van der Waals surface area contributed by atoms with Gasteiger partial charge in [0.1, 0.15) is 42.7 Å². The number of nitrogens with zero attached hydrogens (tertiary/aromatic N) is 3. The largest absolute Gasteiger partial charge is 0.489 e. The summed E-state index contributed by atoms with van der Waals surface area (Å²) in [4.78, 5) is 8.63. The summed E-state index contributed by atoms with van der Waals surface area (Å²) in [5, 5.41) is 4.19. The molecule has 0 bridgehead atoms. The topological polar surface area (TPSA) is 93.7 Å². The maximum absolute atomic E-state index is 13.4. The normalized spacial score (nSPS) is 13.3. The van der Waals surface area contributed by atoms with E-state index in [1.807, 2.05) is 0 Å². The number of hydrogen-bond acceptors (Lipinski definition) is 7. The molecule has 1 aliphatic heterocycles. The van der Waals surface area contributed by atoms with Crippen molar-refractivity contribution in [1.29, 1.82) is 0 Å². The Morgan fingerprint density at radius 2 is 2.03 bits per heavy atom. The van der Waals surface area contributed by atoms with Crippen molar-refractivity contribution in [3.8, 4) is 11.5 Å². The Labute approximate surface area is 206 Å². The van der Waals surface area contributed by atoms with E-state index in [0.29, 0.717) is 50.2 Å². The molecule has 5 rings (SSSR count). The quantitative estimate of drug-likeness (QED) is 0.391. The summed E-state index contributed by atoms with van der Waals surface area (Å²) in [6, 6.07) is 14.7. The fourth-order valence-corrected chi connectivity index (χ4v) is 4.95. The van der Waals surface area contributed by atoms with Crippen LogP contribution in [0.4, 0.5) is 21.6 Å². The van der Waals surface area contributed by atoms with E-state index >= 15 is 0 Å². The molecule has 4 aromatic rings. The second-order valence-corrected chi connectivity index (χ2v) is 10.2. The standard InChI is InChI=1S/C24H20ClFN4O4S/c1-35(31,32)30-7-8-33-23-12-20-18(11-21(23)30)24(28-14-27-20)29-17-5-6-22(19(25)10-17)34-13-15-3-2-4-16(26)9-15/h2-6,9-12,14H,7-8,13H2,1H3,(H,27,28,29). The number of fused-ring (bicyclic) bond motifs is 2. The van der Waals surface area contributed by atoms with Gasteiger partial charge in [0.15, 0.2) is 0 Å². The highest BCUT2D eigenvalue weighted by Crippen LogP contribution is 2.39. The molecule has 0 unspecified atom stereocenters. The van der Waals surface area contributed by atoms with Crippen molar-refractivity contribution < 1.29 is 22.3 Å². The number of hydrogen-bond donors (Lipinski definition) is 1. The van der Waals surface area contributed by atoms with Crippen molar-refractivity contribution in [2.45, 2.75) is 6.61 Å². The summed E-state index contributed by atoms with van der Waals surface area (Å²) in [5.41, 5.74) is 2.36. The van der Waals surface area contributed by atoms with E-state index in [9.17, 15) is 12.8 Å². The van der Waals surface area contributed by atoms with Crippen LogP contribution in [0.3, 0.4) is 0 Å². The van der Waals surface area contributed by atoms with Crippen LogP contribution in [0.15, 0.2) is 60.9 Å². The number of sulfonamides is 1. The van der Waals surface area contributed by atoms with E-state index < -0.39 is 10.0 Å². The van der Waals surface area contributed by atoms with E-state index in [1.54, 1.807) is 42.5 Å². The average Bonchev–Trinajstić information content (AvgIpc) is 2.81. The number of nitrogens with one attached hydrogen (secondary N) is 1. The summed E-state index contributed by atoms with van der Waals surface area (Å²) in [5.74, 6) is 1.04. The Hall–Kier alpha value is -3.63. The van der Waals surface area contributed by atoms with E-state index in [1.165, 1.54) is 22.8 Å². The van der Waals surface area contributed by atoms with Gasteiger partial charge in [-0.25, -0.2) is 22.8 Å². The molecule has 11 heteroatoms. The van der Waals surface area contributed by atoms with Crippen LogP contribution >= 0.6 is 11.6 Å². The first-order valence-corrected chi connectivity index (χ1v) is 12.8. The second-order valence-electron chi connectivity index (χ2n) is 7.93. The fourth-order valence-electron chi connectivity index (χ4n) is 3.81. The molecule has 0 saturated carbocycles. The fraction of sp³-hybridized carbons (Fsp3) is 0.167. The Morgan fingerprint density at radius 1 is 1.17 bits per heavy atom. The lowest BCUT2D eigenvalue weighted by molar-refractivity contribution is 0.306. The lowest BCUT2D eigenvalue weighted by Gasteiger charge is -2.29. The first-order chi connectivity index (χ1) is 16.8. The maximum atomic E-state index is 13.4. The van der Waals surface area contributed by atoms with Gasteiger partial charge < -0.3 is 14.8 Å². The van der Waals surface area contributed by atoms with Gasteiger partial charge in [-0.2, -0.15) is 0 Å². The first kappa shape index (κ1) is 23.1. The highest BCUT2D eigenvalue weighted by molar-refractivity contribution is 7.92. The van der Waals surface area contributed by atoms with Crippen molar-refractivity contribution in [1.82, 2.24) is 9.97 Å². The zero-order valence-electron chi connectivity index (χ0n) is 18.5. The number of ether oxygens (including phenoxy) is 2. The lowest BCUT2D eigenvalue weighted by Crippen LogP contribution is -2.37. The molecule has 1 aromatic heterocycles. The van der Waals surface area contributed by atoms with Crippen LogP contribution in [-0.4, -0.2) is 37.8 Å². The van der Waals surface area contributed by atoms with Crippen molar-refractivity contribution in [2.75, 3.05) is 29.0 Å². The van der Waals surface area contributed by atoms with Crippen LogP contribution in [0.2, 0.25) is 5.02 Å². The van der Waals surface area contributed by atoms with Gasteiger partial charge in [0.2, 0.25) is 10.0 Å². The molecule has 0 fully saturated rings. The molecule has 35 heavy (non-hydrogen) atoms. The predicted octanol–water partition coefficient (Wildman–Crippen LogP) is 4.90. The van der Waals surface area contributed by atoms with E-state index in [-0.39, 0.29) is 25.6 Å². The summed E-state index contributed by atoms with van der Waals surface area (Å²) < 4.78 is 50.6. The smallest absolute Gasteiger partial charge is 0.232 e. The van der Waals surface area contributed by atoms with E-state index in [4.69, 9.17) is 21.1 Å². The molecule has 0 amide bonds. The Bertz CT molecular complexity index is 1530. The SMILES string of the molecule is CS(=O)(=O)N1CCOc2cc3ncnc(Nc4ccc(OCc5cccc(F)c5)c(Cl)c4)c3cc21. The van der Waals surface area contributed by atoms with Gasteiger partial charge in [-0.15, -0.1) is 0 Å². The predicted molar refractivity (Wildman–Crippen MR) is 133 cm³/mol. The van der Waals surface area contributed by atoms with Crippen molar-refractivity contribution in [2.24, 2.45) is 0 Å². The Kier molecular flexibility index (Phi) is 6.08. The highest BCUT2D eigenvalue weighted by Gasteiger charge is 2.26.